The third-order valence-corrected chi connectivity index (χ3v) is 2.42. The quantitative estimate of drug-likeness (QED) is 0.650. The molecule has 66 valence electrons. The Morgan fingerprint density at radius 1 is 1.46 bits per heavy atom. The average molecular weight is 174 g/mol. The van der Waals surface area contributed by atoms with E-state index < -0.39 is 0 Å². The molecule has 2 aromatic rings. The second-order valence-electron chi connectivity index (χ2n) is 3.25. The van der Waals surface area contributed by atoms with Gasteiger partial charge in [-0.15, -0.1) is 0 Å². The highest BCUT2D eigenvalue weighted by atomic mass is 15.3. The maximum absolute atomic E-state index is 4.29. The molecular weight excluding hydrogens is 164 g/mol. The first-order chi connectivity index (χ1) is 6.45. The van der Waals surface area contributed by atoms with Crippen LogP contribution in [-0.4, -0.2) is 21.1 Å². The zero-order chi connectivity index (χ0) is 8.67. The summed E-state index contributed by atoms with van der Waals surface area (Å²) in [5, 5.41) is 7.57. The average Bonchev–Trinajstić information content (AvgIpc) is 2.65. The lowest BCUT2D eigenvalue weighted by Gasteiger charge is -2.17. The van der Waals surface area contributed by atoms with Gasteiger partial charge in [-0.3, -0.25) is 0 Å². The Morgan fingerprint density at radius 3 is 3.46 bits per heavy atom. The van der Waals surface area contributed by atoms with Gasteiger partial charge >= 0.3 is 0 Å². The monoisotopic (exact) mass is 174 g/mol. The first-order valence-electron chi connectivity index (χ1n) is 4.51. The van der Waals surface area contributed by atoms with Crippen LogP contribution in [0.15, 0.2) is 18.5 Å². The van der Waals surface area contributed by atoms with Gasteiger partial charge in [0, 0.05) is 12.6 Å². The molecule has 0 saturated carbocycles. The largest absolute Gasteiger partial charge is 0.382 e. The smallest absolute Gasteiger partial charge is 0.155 e. The zero-order valence-electron chi connectivity index (χ0n) is 7.20. The van der Waals surface area contributed by atoms with Crippen LogP contribution in [-0.2, 0) is 6.42 Å². The Bertz CT molecular complexity index is 446. The standard InChI is InChI=1S/C9H10N4/c1-2-8-7(10-4-1)6-11-9-3-5-12-13(8)9/h3,5-6,10H,1-2,4H2. The molecule has 4 nitrogen and oxygen atoms in total. The summed E-state index contributed by atoms with van der Waals surface area (Å²) in [5.41, 5.74) is 3.31. The highest BCUT2D eigenvalue weighted by molar-refractivity contribution is 5.53. The van der Waals surface area contributed by atoms with Crippen LogP contribution in [0.3, 0.4) is 0 Å². The minimum atomic E-state index is 0.933. The van der Waals surface area contributed by atoms with Crippen LogP contribution in [0.2, 0.25) is 0 Å². The van der Waals surface area contributed by atoms with Crippen molar-refractivity contribution in [3.05, 3.63) is 24.2 Å². The molecule has 0 unspecified atom stereocenters. The van der Waals surface area contributed by atoms with Crippen LogP contribution < -0.4 is 5.32 Å². The fourth-order valence-electron chi connectivity index (χ4n) is 1.79. The Kier molecular flexibility index (Phi) is 1.30. The number of fused-ring (bicyclic) bond motifs is 3. The van der Waals surface area contributed by atoms with Crippen molar-refractivity contribution in [3.8, 4) is 0 Å². The second-order valence-corrected chi connectivity index (χ2v) is 3.25. The molecule has 13 heavy (non-hydrogen) atoms. The number of hydrogen-bond acceptors (Lipinski definition) is 3. The van der Waals surface area contributed by atoms with Gasteiger partial charge in [-0.05, 0) is 12.8 Å². The third-order valence-electron chi connectivity index (χ3n) is 2.42. The van der Waals surface area contributed by atoms with Crippen molar-refractivity contribution in [2.75, 3.05) is 11.9 Å². The van der Waals surface area contributed by atoms with Gasteiger partial charge in [-0.1, -0.05) is 0 Å². The molecule has 1 N–H and O–H groups in total. The normalized spacial score (nSPS) is 15.4. The van der Waals surface area contributed by atoms with Crippen molar-refractivity contribution in [3.63, 3.8) is 0 Å². The lowest BCUT2D eigenvalue weighted by atomic mass is 10.1. The van der Waals surface area contributed by atoms with Crippen molar-refractivity contribution in [1.29, 1.82) is 0 Å². The topological polar surface area (TPSA) is 42.2 Å². The van der Waals surface area contributed by atoms with Crippen LogP contribution in [0, 0.1) is 0 Å². The predicted octanol–water partition coefficient (Wildman–Crippen LogP) is 1.09. The van der Waals surface area contributed by atoms with Gasteiger partial charge in [-0.25, -0.2) is 9.50 Å². The minimum Gasteiger partial charge on any atom is -0.382 e. The van der Waals surface area contributed by atoms with E-state index >= 15 is 0 Å². The molecule has 0 spiro atoms. The van der Waals surface area contributed by atoms with Gasteiger partial charge < -0.3 is 5.32 Å². The lowest BCUT2D eigenvalue weighted by Crippen LogP contribution is -2.15. The summed E-state index contributed by atoms with van der Waals surface area (Å²) in [6.45, 7) is 1.04. The van der Waals surface area contributed by atoms with Crippen LogP contribution in [0.25, 0.3) is 5.65 Å². The van der Waals surface area contributed by atoms with Gasteiger partial charge in [0.05, 0.1) is 23.8 Å². The summed E-state index contributed by atoms with van der Waals surface area (Å²) in [4.78, 5) is 4.29. The molecule has 0 atom stereocenters. The predicted molar refractivity (Wildman–Crippen MR) is 49.8 cm³/mol. The Morgan fingerprint density at radius 2 is 2.46 bits per heavy atom. The van der Waals surface area contributed by atoms with Crippen LogP contribution >= 0.6 is 0 Å². The summed E-state index contributed by atoms with van der Waals surface area (Å²) in [7, 11) is 0. The Balaban J connectivity index is 2.34. The first kappa shape index (κ1) is 6.88. The van der Waals surface area contributed by atoms with Crippen molar-refractivity contribution < 1.29 is 0 Å². The second kappa shape index (κ2) is 2.45. The van der Waals surface area contributed by atoms with E-state index in [0.29, 0.717) is 0 Å². The minimum absolute atomic E-state index is 0.933. The molecule has 0 fully saturated rings. The summed E-state index contributed by atoms with van der Waals surface area (Å²) in [6.07, 6.45) is 5.94. The molecular formula is C9H10N4. The molecule has 1 aliphatic rings. The van der Waals surface area contributed by atoms with Gasteiger partial charge in [-0.2, -0.15) is 5.10 Å². The Labute approximate surface area is 75.6 Å². The first-order valence-corrected chi connectivity index (χ1v) is 4.51. The molecule has 3 heterocycles. The molecule has 0 saturated heterocycles. The molecule has 3 rings (SSSR count). The van der Waals surface area contributed by atoms with Crippen molar-refractivity contribution in [2.24, 2.45) is 0 Å². The SMILES string of the molecule is c1cc2ncc3c(n2n1)CCCN3. The fraction of sp³-hybridized carbons (Fsp3) is 0.333. The van der Waals surface area contributed by atoms with E-state index in [4.69, 9.17) is 0 Å². The van der Waals surface area contributed by atoms with Crippen molar-refractivity contribution in [2.45, 2.75) is 12.8 Å². The molecule has 0 aliphatic carbocycles. The van der Waals surface area contributed by atoms with E-state index in [2.05, 4.69) is 15.4 Å². The maximum Gasteiger partial charge on any atom is 0.155 e. The van der Waals surface area contributed by atoms with E-state index in [1.807, 2.05) is 16.8 Å². The highest BCUT2D eigenvalue weighted by Gasteiger charge is 2.12. The van der Waals surface area contributed by atoms with Gasteiger partial charge in [0.1, 0.15) is 0 Å². The number of aromatic nitrogens is 3. The van der Waals surface area contributed by atoms with Gasteiger partial charge in [0.15, 0.2) is 5.65 Å². The fourth-order valence-corrected chi connectivity index (χ4v) is 1.79. The van der Waals surface area contributed by atoms with E-state index in [1.165, 1.54) is 12.1 Å². The summed E-state index contributed by atoms with van der Waals surface area (Å²) < 4.78 is 1.92. The maximum atomic E-state index is 4.29. The lowest BCUT2D eigenvalue weighted by molar-refractivity contribution is 0.747. The Hall–Kier alpha value is -1.58. The number of aryl methyl sites for hydroxylation is 1. The molecule has 2 aromatic heterocycles. The molecule has 0 bridgehead atoms. The molecule has 1 aliphatic heterocycles. The third kappa shape index (κ3) is 0.915. The summed E-state index contributed by atoms with van der Waals surface area (Å²) in [6, 6.07) is 1.93. The molecule has 0 aromatic carbocycles. The highest BCUT2D eigenvalue weighted by Crippen LogP contribution is 2.20. The van der Waals surface area contributed by atoms with E-state index in [1.54, 1.807) is 6.20 Å². The zero-order valence-corrected chi connectivity index (χ0v) is 7.20. The summed E-state index contributed by atoms with van der Waals surface area (Å²) in [5.74, 6) is 0. The molecule has 4 heteroatoms. The number of rotatable bonds is 0. The van der Waals surface area contributed by atoms with Crippen LogP contribution in [0.1, 0.15) is 12.1 Å². The molecule has 0 amide bonds. The van der Waals surface area contributed by atoms with Gasteiger partial charge in [0.25, 0.3) is 0 Å². The summed E-state index contributed by atoms with van der Waals surface area (Å²) >= 11 is 0. The number of hydrogen-bond donors (Lipinski definition) is 1. The number of nitrogens with zero attached hydrogens (tertiary/aromatic N) is 3. The van der Waals surface area contributed by atoms with Crippen LogP contribution in [0.4, 0.5) is 5.69 Å². The van der Waals surface area contributed by atoms with Crippen molar-refractivity contribution >= 4 is 11.3 Å². The van der Waals surface area contributed by atoms with E-state index in [-0.39, 0.29) is 0 Å². The molecule has 0 radical (unpaired) electrons. The van der Waals surface area contributed by atoms with E-state index in [0.717, 1.165) is 24.3 Å². The number of anilines is 1. The van der Waals surface area contributed by atoms with Crippen LogP contribution in [0.5, 0.6) is 0 Å². The van der Waals surface area contributed by atoms with Gasteiger partial charge in [0.2, 0.25) is 0 Å². The number of nitrogens with one attached hydrogen (secondary N) is 1. The van der Waals surface area contributed by atoms with Crippen molar-refractivity contribution in [1.82, 2.24) is 14.6 Å². The van der Waals surface area contributed by atoms with E-state index in [9.17, 15) is 0 Å².